The molecule has 5 nitrogen and oxygen atoms in total. The number of nitrogens with zero attached hydrogens (tertiary/aromatic N) is 1. The van der Waals surface area contributed by atoms with E-state index in [1.54, 1.807) is 7.11 Å². The fraction of sp³-hybridized carbons (Fsp3) is 0.235. The standard InChI is InChI=1S/C17H21N3O2/c1-21-10-11-22-16-9-5-6-14(12-16)13-19-17(18)20-15-7-3-2-4-8-15/h2-9,12H,10-11,13H2,1H3,(H3,18,19,20). The highest BCUT2D eigenvalue weighted by Crippen LogP contribution is 2.14. The van der Waals surface area contributed by atoms with E-state index in [1.807, 2.05) is 54.6 Å². The van der Waals surface area contributed by atoms with Crippen molar-refractivity contribution in [1.82, 2.24) is 0 Å². The molecular formula is C17H21N3O2. The van der Waals surface area contributed by atoms with Crippen molar-refractivity contribution in [2.75, 3.05) is 25.6 Å². The predicted molar refractivity (Wildman–Crippen MR) is 89.2 cm³/mol. The summed E-state index contributed by atoms with van der Waals surface area (Å²) in [5, 5.41) is 3.05. The highest BCUT2D eigenvalue weighted by molar-refractivity contribution is 5.92. The Morgan fingerprint density at radius 3 is 2.68 bits per heavy atom. The molecule has 0 aliphatic heterocycles. The Hall–Kier alpha value is -2.53. The normalized spacial score (nSPS) is 11.2. The molecule has 2 rings (SSSR count). The molecule has 0 saturated carbocycles. The topological polar surface area (TPSA) is 68.9 Å². The van der Waals surface area contributed by atoms with Crippen LogP contribution in [0.25, 0.3) is 0 Å². The predicted octanol–water partition coefficient (Wildman–Crippen LogP) is 2.64. The highest BCUT2D eigenvalue weighted by Gasteiger charge is 1.98. The number of anilines is 1. The summed E-state index contributed by atoms with van der Waals surface area (Å²) < 4.78 is 10.5. The Balaban J connectivity index is 1.89. The zero-order valence-electron chi connectivity index (χ0n) is 12.7. The third-order valence-corrected chi connectivity index (χ3v) is 2.93. The van der Waals surface area contributed by atoms with E-state index in [0.29, 0.717) is 25.7 Å². The number of aliphatic imine (C=N–C) groups is 1. The van der Waals surface area contributed by atoms with Crippen LogP contribution in [0.1, 0.15) is 5.56 Å². The molecule has 2 aromatic carbocycles. The van der Waals surface area contributed by atoms with Gasteiger partial charge < -0.3 is 20.5 Å². The molecule has 0 unspecified atom stereocenters. The van der Waals surface area contributed by atoms with E-state index in [0.717, 1.165) is 17.0 Å². The van der Waals surface area contributed by atoms with Crippen molar-refractivity contribution >= 4 is 11.6 Å². The lowest BCUT2D eigenvalue weighted by atomic mass is 10.2. The van der Waals surface area contributed by atoms with Gasteiger partial charge in [-0.3, -0.25) is 0 Å². The summed E-state index contributed by atoms with van der Waals surface area (Å²) in [7, 11) is 1.65. The lowest BCUT2D eigenvalue weighted by Gasteiger charge is -2.07. The molecule has 22 heavy (non-hydrogen) atoms. The summed E-state index contributed by atoms with van der Waals surface area (Å²) in [6.07, 6.45) is 0. The third-order valence-electron chi connectivity index (χ3n) is 2.93. The van der Waals surface area contributed by atoms with E-state index in [1.165, 1.54) is 0 Å². The number of benzene rings is 2. The van der Waals surface area contributed by atoms with Gasteiger partial charge in [-0.25, -0.2) is 4.99 Å². The van der Waals surface area contributed by atoms with Gasteiger partial charge in [0.1, 0.15) is 12.4 Å². The van der Waals surface area contributed by atoms with Crippen molar-refractivity contribution in [2.45, 2.75) is 6.54 Å². The van der Waals surface area contributed by atoms with E-state index in [-0.39, 0.29) is 0 Å². The van der Waals surface area contributed by atoms with Crippen molar-refractivity contribution in [2.24, 2.45) is 10.7 Å². The van der Waals surface area contributed by atoms with Crippen molar-refractivity contribution in [1.29, 1.82) is 0 Å². The van der Waals surface area contributed by atoms with Crippen LogP contribution in [0, 0.1) is 0 Å². The number of nitrogens with two attached hydrogens (primary N) is 1. The van der Waals surface area contributed by atoms with Gasteiger partial charge in [0.15, 0.2) is 5.96 Å². The summed E-state index contributed by atoms with van der Waals surface area (Å²) >= 11 is 0. The summed E-state index contributed by atoms with van der Waals surface area (Å²) in [5.41, 5.74) is 7.83. The van der Waals surface area contributed by atoms with Crippen LogP contribution in [-0.4, -0.2) is 26.3 Å². The van der Waals surface area contributed by atoms with Gasteiger partial charge >= 0.3 is 0 Å². The maximum Gasteiger partial charge on any atom is 0.193 e. The highest BCUT2D eigenvalue weighted by atomic mass is 16.5. The average molecular weight is 299 g/mol. The van der Waals surface area contributed by atoms with Crippen LogP contribution >= 0.6 is 0 Å². The summed E-state index contributed by atoms with van der Waals surface area (Å²) in [6, 6.07) is 17.5. The first-order valence-electron chi connectivity index (χ1n) is 7.10. The Morgan fingerprint density at radius 2 is 1.91 bits per heavy atom. The number of para-hydroxylation sites is 1. The lowest BCUT2D eigenvalue weighted by molar-refractivity contribution is 0.146. The monoisotopic (exact) mass is 299 g/mol. The van der Waals surface area contributed by atoms with Crippen molar-refractivity contribution < 1.29 is 9.47 Å². The van der Waals surface area contributed by atoms with Crippen LogP contribution in [0.5, 0.6) is 5.75 Å². The number of ether oxygens (including phenoxy) is 2. The van der Waals surface area contributed by atoms with Gasteiger partial charge in [0.25, 0.3) is 0 Å². The van der Waals surface area contributed by atoms with Gasteiger partial charge in [-0.15, -0.1) is 0 Å². The molecule has 3 N–H and O–H groups in total. The van der Waals surface area contributed by atoms with Crippen LogP contribution in [-0.2, 0) is 11.3 Å². The van der Waals surface area contributed by atoms with Gasteiger partial charge in [0, 0.05) is 12.8 Å². The average Bonchev–Trinajstić information content (AvgIpc) is 2.55. The summed E-state index contributed by atoms with van der Waals surface area (Å²) in [6.45, 7) is 1.59. The van der Waals surface area contributed by atoms with Crippen molar-refractivity contribution in [3.05, 3.63) is 60.2 Å². The smallest absolute Gasteiger partial charge is 0.193 e. The number of rotatable bonds is 7. The molecule has 0 atom stereocenters. The van der Waals surface area contributed by atoms with Crippen molar-refractivity contribution in [3.63, 3.8) is 0 Å². The Kier molecular flexibility index (Phi) is 6.26. The second-order valence-electron chi connectivity index (χ2n) is 4.68. The quantitative estimate of drug-likeness (QED) is 0.468. The van der Waals surface area contributed by atoms with Crippen LogP contribution in [0.3, 0.4) is 0 Å². The molecule has 0 fully saturated rings. The minimum absolute atomic E-state index is 0.386. The molecule has 0 aliphatic rings. The second kappa shape index (κ2) is 8.69. The Bertz CT molecular complexity index is 600. The molecule has 0 spiro atoms. The SMILES string of the molecule is COCCOc1cccc(CN=C(N)Nc2ccccc2)c1. The molecule has 0 aromatic heterocycles. The first-order chi connectivity index (χ1) is 10.8. The first kappa shape index (κ1) is 15.9. The molecule has 0 saturated heterocycles. The van der Waals surface area contributed by atoms with E-state index in [2.05, 4.69) is 10.3 Å². The van der Waals surface area contributed by atoms with Crippen molar-refractivity contribution in [3.8, 4) is 5.75 Å². The maximum absolute atomic E-state index is 5.88. The molecule has 0 radical (unpaired) electrons. The molecule has 0 bridgehead atoms. The molecule has 5 heteroatoms. The van der Waals surface area contributed by atoms with Crippen LogP contribution < -0.4 is 15.8 Å². The first-order valence-corrected chi connectivity index (χ1v) is 7.10. The fourth-order valence-corrected chi connectivity index (χ4v) is 1.86. The van der Waals surface area contributed by atoms with Crippen LogP contribution in [0.15, 0.2) is 59.6 Å². The van der Waals surface area contributed by atoms with Gasteiger partial charge in [0.05, 0.1) is 13.2 Å². The van der Waals surface area contributed by atoms with Gasteiger partial charge in [0.2, 0.25) is 0 Å². The zero-order valence-corrected chi connectivity index (χ0v) is 12.7. The Labute approximate surface area is 130 Å². The number of methoxy groups -OCH3 is 1. The van der Waals surface area contributed by atoms with Gasteiger partial charge in [-0.2, -0.15) is 0 Å². The lowest BCUT2D eigenvalue weighted by Crippen LogP contribution is -2.22. The molecule has 0 heterocycles. The second-order valence-corrected chi connectivity index (χ2v) is 4.68. The molecule has 2 aromatic rings. The molecule has 116 valence electrons. The number of hydrogen-bond acceptors (Lipinski definition) is 3. The van der Waals surface area contributed by atoms with E-state index in [9.17, 15) is 0 Å². The summed E-state index contributed by atoms with van der Waals surface area (Å²) in [5.74, 6) is 1.19. The minimum atomic E-state index is 0.386. The molecular weight excluding hydrogens is 278 g/mol. The maximum atomic E-state index is 5.88. The number of nitrogens with one attached hydrogen (secondary N) is 1. The number of guanidine groups is 1. The zero-order chi connectivity index (χ0) is 15.6. The molecule has 0 aliphatic carbocycles. The minimum Gasteiger partial charge on any atom is -0.491 e. The number of hydrogen-bond donors (Lipinski definition) is 2. The third kappa shape index (κ3) is 5.46. The Morgan fingerprint density at radius 1 is 1.09 bits per heavy atom. The van der Waals surface area contributed by atoms with E-state index in [4.69, 9.17) is 15.2 Å². The van der Waals surface area contributed by atoms with E-state index < -0.39 is 0 Å². The van der Waals surface area contributed by atoms with Crippen LogP contribution in [0.2, 0.25) is 0 Å². The van der Waals surface area contributed by atoms with Gasteiger partial charge in [-0.05, 0) is 29.8 Å². The largest absolute Gasteiger partial charge is 0.491 e. The van der Waals surface area contributed by atoms with Gasteiger partial charge in [-0.1, -0.05) is 30.3 Å². The summed E-state index contributed by atoms with van der Waals surface area (Å²) in [4.78, 5) is 4.33. The molecule has 0 amide bonds. The van der Waals surface area contributed by atoms with Crippen LogP contribution in [0.4, 0.5) is 5.69 Å². The fourth-order valence-electron chi connectivity index (χ4n) is 1.86. The van der Waals surface area contributed by atoms with E-state index >= 15 is 0 Å².